The molecule has 0 aliphatic rings. The zero-order valence-electron chi connectivity index (χ0n) is 8.52. The summed E-state index contributed by atoms with van der Waals surface area (Å²) in [7, 11) is 0.121. The van der Waals surface area contributed by atoms with Gasteiger partial charge >= 0.3 is 0 Å². The van der Waals surface area contributed by atoms with E-state index >= 15 is 0 Å². The van der Waals surface area contributed by atoms with Gasteiger partial charge in [0.15, 0.2) is 0 Å². The van der Waals surface area contributed by atoms with E-state index in [4.69, 9.17) is 0 Å². The zero-order chi connectivity index (χ0) is 9.07. The Morgan fingerprint density at radius 1 is 1.36 bits per heavy atom. The molecule has 0 spiro atoms. The Morgan fingerprint density at radius 3 is 1.91 bits per heavy atom. The quantitative estimate of drug-likeness (QED) is 0.448. The first-order chi connectivity index (χ1) is 4.89. The topological polar surface area (TPSA) is 0 Å². The highest BCUT2D eigenvalue weighted by atomic mass is 31.1. The van der Waals surface area contributed by atoms with Crippen molar-refractivity contribution in [3.05, 3.63) is 12.7 Å². The van der Waals surface area contributed by atoms with Crippen molar-refractivity contribution >= 4 is 7.92 Å². The molecule has 0 aromatic heterocycles. The summed E-state index contributed by atoms with van der Waals surface area (Å²) in [5.74, 6) is 0. The molecule has 0 N–H and O–H groups in total. The van der Waals surface area contributed by atoms with Crippen LogP contribution >= 0.6 is 7.92 Å². The normalized spacial score (nSPS) is 15.1. The third-order valence-electron chi connectivity index (χ3n) is 1.81. The van der Waals surface area contributed by atoms with Gasteiger partial charge in [-0.05, 0) is 17.0 Å². The highest BCUT2D eigenvalue weighted by molar-refractivity contribution is 7.60. The van der Waals surface area contributed by atoms with Crippen molar-refractivity contribution < 1.29 is 0 Å². The molecule has 0 aromatic carbocycles. The van der Waals surface area contributed by atoms with Crippen LogP contribution in [0.3, 0.4) is 0 Å². The van der Waals surface area contributed by atoms with E-state index in [1.54, 1.807) is 0 Å². The molecule has 0 saturated carbocycles. The highest BCUT2D eigenvalue weighted by Gasteiger charge is 2.24. The van der Waals surface area contributed by atoms with Gasteiger partial charge in [0.05, 0.1) is 0 Å². The Balaban J connectivity index is 4.21. The molecule has 0 amide bonds. The highest BCUT2D eigenvalue weighted by Crippen LogP contribution is 2.52. The van der Waals surface area contributed by atoms with E-state index in [2.05, 4.69) is 47.3 Å². The van der Waals surface area contributed by atoms with Crippen LogP contribution in [0.2, 0.25) is 0 Å². The number of hydrogen-bond acceptors (Lipinski definition) is 0. The van der Waals surface area contributed by atoms with Gasteiger partial charge in [-0.1, -0.05) is 48.6 Å². The van der Waals surface area contributed by atoms with Crippen LogP contribution in [-0.4, -0.2) is 17.0 Å². The summed E-state index contributed by atoms with van der Waals surface area (Å²) in [6.07, 6.45) is 3.27. The van der Waals surface area contributed by atoms with Gasteiger partial charge in [-0.3, -0.25) is 0 Å². The van der Waals surface area contributed by atoms with Gasteiger partial charge in [0.25, 0.3) is 0 Å². The molecule has 1 unspecified atom stereocenters. The number of allylic oxidation sites excluding steroid dienone is 1. The van der Waals surface area contributed by atoms with Gasteiger partial charge in [-0.2, -0.15) is 0 Å². The van der Waals surface area contributed by atoms with Crippen LogP contribution in [0.25, 0.3) is 0 Å². The molecule has 0 rings (SSSR count). The number of hydrogen-bond donors (Lipinski definition) is 0. The molecule has 0 nitrogen and oxygen atoms in total. The molecule has 66 valence electrons. The lowest BCUT2D eigenvalue weighted by Gasteiger charge is -2.33. The summed E-state index contributed by atoms with van der Waals surface area (Å²) in [5.41, 5.74) is 0.822. The molecular formula is C10H21P. The minimum atomic E-state index is 0.121. The Hall–Kier alpha value is 0.170. The Labute approximate surface area is 72.8 Å². The predicted octanol–water partition coefficient (Wildman–Crippen LogP) is 3.86. The second-order valence-corrected chi connectivity index (χ2v) is 7.88. The largest absolute Gasteiger partial charge is 0.103 e. The van der Waals surface area contributed by atoms with Crippen molar-refractivity contribution in [2.45, 2.75) is 45.4 Å². The first-order valence-corrected chi connectivity index (χ1v) is 5.87. The van der Waals surface area contributed by atoms with Gasteiger partial charge in [0, 0.05) is 0 Å². The first-order valence-electron chi connectivity index (χ1n) is 4.27. The van der Waals surface area contributed by atoms with Crippen molar-refractivity contribution in [3.8, 4) is 0 Å². The van der Waals surface area contributed by atoms with Crippen molar-refractivity contribution in [1.29, 1.82) is 0 Å². The molecule has 0 radical (unpaired) electrons. The van der Waals surface area contributed by atoms with Gasteiger partial charge in [-0.25, -0.2) is 0 Å². The van der Waals surface area contributed by atoms with E-state index in [9.17, 15) is 0 Å². The third-order valence-corrected chi connectivity index (χ3v) is 5.43. The first kappa shape index (κ1) is 11.2. The van der Waals surface area contributed by atoms with Gasteiger partial charge in [0.1, 0.15) is 0 Å². The smallest absolute Gasteiger partial charge is 0.0140 e. The molecule has 0 saturated heterocycles. The summed E-state index contributed by atoms with van der Waals surface area (Å²) in [6.45, 7) is 15.5. The van der Waals surface area contributed by atoms with E-state index in [0.717, 1.165) is 5.66 Å². The molecule has 0 bridgehead atoms. The maximum absolute atomic E-state index is 3.81. The second-order valence-electron chi connectivity index (χ2n) is 4.21. The third kappa shape index (κ3) is 3.91. The maximum Gasteiger partial charge on any atom is -0.0140 e. The fraction of sp³-hybridized carbons (Fsp3) is 0.800. The van der Waals surface area contributed by atoms with Crippen LogP contribution in [0.4, 0.5) is 0 Å². The SMILES string of the molecule is C=CCP(C(C)C)C(C)(C)C. The average Bonchev–Trinajstić information content (AvgIpc) is 1.79. The summed E-state index contributed by atoms with van der Waals surface area (Å²) in [6, 6.07) is 0. The zero-order valence-corrected chi connectivity index (χ0v) is 9.41. The molecule has 0 fully saturated rings. The molecule has 0 aliphatic carbocycles. The fourth-order valence-electron chi connectivity index (χ4n) is 1.40. The lowest BCUT2D eigenvalue weighted by molar-refractivity contribution is 0.770. The summed E-state index contributed by atoms with van der Waals surface area (Å²) in [5, 5.41) is 0.484. The standard InChI is InChI=1S/C10H21P/c1-7-8-11(9(2)3)10(4,5)6/h7,9H,1,8H2,2-6H3. The summed E-state index contributed by atoms with van der Waals surface area (Å²) >= 11 is 0. The minimum Gasteiger partial charge on any atom is -0.103 e. The van der Waals surface area contributed by atoms with E-state index in [1.165, 1.54) is 6.16 Å². The van der Waals surface area contributed by atoms with E-state index < -0.39 is 0 Å². The maximum atomic E-state index is 3.81. The molecule has 1 heteroatoms. The van der Waals surface area contributed by atoms with Gasteiger partial charge in [-0.15, -0.1) is 6.58 Å². The Bertz CT molecular complexity index is 119. The lowest BCUT2D eigenvalue weighted by Crippen LogP contribution is -2.18. The van der Waals surface area contributed by atoms with Crippen molar-refractivity contribution in [2.75, 3.05) is 6.16 Å². The molecule has 1 atom stereocenters. The van der Waals surface area contributed by atoms with Gasteiger partial charge < -0.3 is 0 Å². The second kappa shape index (κ2) is 4.26. The van der Waals surface area contributed by atoms with Crippen LogP contribution in [0, 0.1) is 0 Å². The average molecular weight is 172 g/mol. The molecule has 0 heterocycles. The molecule has 0 aromatic rings. The van der Waals surface area contributed by atoms with E-state index in [-0.39, 0.29) is 7.92 Å². The van der Waals surface area contributed by atoms with Crippen LogP contribution in [0.1, 0.15) is 34.6 Å². The molecular weight excluding hydrogens is 151 g/mol. The van der Waals surface area contributed by atoms with Crippen molar-refractivity contribution in [3.63, 3.8) is 0 Å². The Morgan fingerprint density at radius 2 is 1.82 bits per heavy atom. The predicted molar refractivity (Wildman–Crippen MR) is 56.9 cm³/mol. The lowest BCUT2D eigenvalue weighted by atomic mass is 10.3. The van der Waals surface area contributed by atoms with E-state index in [1.807, 2.05) is 0 Å². The summed E-state index contributed by atoms with van der Waals surface area (Å²) in [4.78, 5) is 0. The monoisotopic (exact) mass is 172 g/mol. The fourth-order valence-corrected chi connectivity index (χ4v) is 4.20. The Kier molecular flexibility index (Phi) is 4.32. The summed E-state index contributed by atoms with van der Waals surface area (Å²) < 4.78 is 0. The minimum absolute atomic E-state index is 0.121. The van der Waals surface area contributed by atoms with Crippen molar-refractivity contribution in [1.82, 2.24) is 0 Å². The number of rotatable bonds is 3. The molecule has 11 heavy (non-hydrogen) atoms. The van der Waals surface area contributed by atoms with Crippen LogP contribution in [0.5, 0.6) is 0 Å². The van der Waals surface area contributed by atoms with Crippen LogP contribution in [-0.2, 0) is 0 Å². The van der Waals surface area contributed by atoms with Crippen LogP contribution < -0.4 is 0 Å². The molecule has 0 aliphatic heterocycles. The van der Waals surface area contributed by atoms with Crippen molar-refractivity contribution in [2.24, 2.45) is 0 Å². The van der Waals surface area contributed by atoms with Gasteiger partial charge in [0.2, 0.25) is 0 Å². The van der Waals surface area contributed by atoms with E-state index in [0.29, 0.717) is 5.16 Å². The van der Waals surface area contributed by atoms with Crippen LogP contribution in [0.15, 0.2) is 12.7 Å².